The molecule has 2 saturated heterocycles. The van der Waals surface area contributed by atoms with Gasteiger partial charge in [0.15, 0.2) is 0 Å². The summed E-state index contributed by atoms with van der Waals surface area (Å²) in [5.41, 5.74) is -1.60. The lowest BCUT2D eigenvalue weighted by Crippen LogP contribution is -2.59. The van der Waals surface area contributed by atoms with E-state index in [0.29, 0.717) is 37.8 Å². The number of benzene rings is 1. The van der Waals surface area contributed by atoms with Crippen LogP contribution in [0.4, 0.5) is 13.2 Å². The van der Waals surface area contributed by atoms with E-state index in [-0.39, 0.29) is 29.9 Å². The lowest BCUT2D eigenvalue weighted by atomic mass is 9.97. The number of likely N-dealkylation sites (N-methyl/N-ethyl adjacent to an activating group) is 1. The van der Waals surface area contributed by atoms with Crippen molar-refractivity contribution >= 4 is 15.9 Å². The minimum atomic E-state index is -4.61. The van der Waals surface area contributed by atoms with Gasteiger partial charge in [0, 0.05) is 19.6 Å². The molecule has 1 aromatic carbocycles. The molecular weight excluding hydrogens is 419 g/mol. The normalized spacial score (nSPS) is 23.0. The molecule has 0 aliphatic carbocycles. The second-order valence-electron chi connectivity index (χ2n) is 8.37. The molecule has 168 valence electrons. The highest BCUT2D eigenvalue weighted by Crippen LogP contribution is 2.36. The first-order valence-corrected chi connectivity index (χ1v) is 11.6. The van der Waals surface area contributed by atoms with Gasteiger partial charge in [0.1, 0.15) is 0 Å². The summed E-state index contributed by atoms with van der Waals surface area (Å²) in [7, 11) is -4.06. The van der Waals surface area contributed by atoms with Gasteiger partial charge in [0.25, 0.3) is 0 Å². The highest BCUT2D eigenvalue weighted by molar-refractivity contribution is 7.89. The van der Waals surface area contributed by atoms with Crippen molar-refractivity contribution in [2.75, 3.05) is 19.6 Å². The molecular formula is C20H28F3N3O3S. The lowest BCUT2D eigenvalue weighted by Gasteiger charge is -2.44. The lowest BCUT2D eigenvalue weighted by molar-refractivity contribution is -0.137. The Morgan fingerprint density at radius 3 is 2.40 bits per heavy atom. The molecule has 2 heterocycles. The number of hydrogen-bond acceptors (Lipinski definition) is 4. The zero-order valence-electron chi connectivity index (χ0n) is 17.4. The molecule has 1 spiro atoms. The summed E-state index contributed by atoms with van der Waals surface area (Å²) in [6.45, 7) is 6.75. The quantitative estimate of drug-likeness (QED) is 0.753. The molecule has 1 N–H and O–H groups in total. The van der Waals surface area contributed by atoms with Crippen molar-refractivity contribution in [3.05, 3.63) is 29.8 Å². The van der Waals surface area contributed by atoms with E-state index in [4.69, 9.17) is 0 Å². The molecule has 30 heavy (non-hydrogen) atoms. The Balaban J connectivity index is 1.78. The number of sulfonamides is 1. The number of hydrogen-bond donors (Lipinski definition) is 1. The maximum atomic E-state index is 13.0. The van der Waals surface area contributed by atoms with Crippen LogP contribution in [-0.2, 0) is 21.0 Å². The molecule has 10 heteroatoms. The summed E-state index contributed by atoms with van der Waals surface area (Å²) >= 11 is 0. The average Bonchev–Trinajstić information content (AvgIpc) is 2.91. The van der Waals surface area contributed by atoms with Gasteiger partial charge in [-0.15, -0.1) is 0 Å². The van der Waals surface area contributed by atoms with Crippen molar-refractivity contribution in [2.45, 2.75) is 62.8 Å². The predicted octanol–water partition coefficient (Wildman–Crippen LogP) is 3.05. The van der Waals surface area contributed by atoms with Crippen LogP contribution >= 0.6 is 0 Å². The minimum absolute atomic E-state index is 0.0281. The van der Waals surface area contributed by atoms with Crippen LogP contribution in [-0.4, -0.2) is 54.9 Å². The minimum Gasteiger partial charge on any atom is -0.323 e. The predicted molar refractivity (Wildman–Crippen MR) is 106 cm³/mol. The van der Waals surface area contributed by atoms with E-state index in [1.807, 2.05) is 20.8 Å². The number of nitrogens with one attached hydrogen (secondary N) is 1. The molecule has 0 bridgehead atoms. The summed E-state index contributed by atoms with van der Waals surface area (Å²) in [5, 5.41) is 3.44. The summed E-state index contributed by atoms with van der Waals surface area (Å²) in [6, 6.07) is 3.52. The van der Waals surface area contributed by atoms with Gasteiger partial charge in [-0.05, 0) is 50.3 Å². The number of piperidine rings is 1. The first-order valence-electron chi connectivity index (χ1n) is 10.2. The van der Waals surface area contributed by atoms with E-state index in [1.54, 1.807) is 4.90 Å². The summed E-state index contributed by atoms with van der Waals surface area (Å²) in [6.07, 6.45) is -3.14. The van der Waals surface area contributed by atoms with Crippen LogP contribution in [0, 0.1) is 5.92 Å². The van der Waals surface area contributed by atoms with Crippen LogP contribution in [0.15, 0.2) is 29.2 Å². The van der Waals surface area contributed by atoms with Crippen molar-refractivity contribution in [3.63, 3.8) is 0 Å². The smallest absolute Gasteiger partial charge is 0.323 e. The summed E-state index contributed by atoms with van der Waals surface area (Å²) in [4.78, 5) is 14.2. The Morgan fingerprint density at radius 2 is 1.87 bits per heavy atom. The van der Waals surface area contributed by atoms with Crippen LogP contribution in [0.2, 0.25) is 0 Å². The molecule has 1 aromatic rings. The third-order valence-corrected chi connectivity index (χ3v) is 7.79. The van der Waals surface area contributed by atoms with Crippen molar-refractivity contribution in [3.8, 4) is 0 Å². The molecule has 3 rings (SSSR count). The molecule has 0 aromatic heterocycles. The fourth-order valence-electron chi connectivity index (χ4n) is 4.45. The zero-order valence-corrected chi connectivity index (χ0v) is 18.2. The number of halogens is 3. The first kappa shape index (κ1) is 23.0. The number of amides is 1. The Hall–Kier alpha value is -1.65. The van der Waals surface area contributed by atoms with Crippen molar-refractivity contribution in [1.29, 1.82) is 0 Å². The van der Waals surface area contributed by atoms with Gasteiger partial charge in [-0.3, -0.25) is 10.1 Å². The molecule has 2 aliphatic heterocycles. The number of carbonyl (C=O) groups is 1. The van der Waals surface area contributed by atoms with Gasteiger partial charge in [0.2, 0.25) is 15.9 Å². The zero-order chi connectivity index (χ0) is 22.3. The van der Waals surface area contributed by atoms with E-state index in [0.717, 1.165) is 12.1 Å². The summed E-state index contributed by atoms with van der Waals surface area (Å²) < 4.78 is 66.1. The highest BCUT2D eigenvalue weighted by Gasteiger charge is 2.51. The fraction of sp³-hybridized carbons (Fsp3) is 0.650. The Bertz CT molecular complexity index is 894. The number of alkyl halides is 3. The Morgan fingerprint density at radius 1 is 1.23 bits per heavy atom. The fourth-order valence-corrected chi connectivity index (χ4v) is 5.93. The number of rotatable bonds is 5. The topological polar surface area (TPSA) is 69.7 Å². The maximum absolute atomic E-state index is 13.0. The van der Waals surface area contributed by atoms with Crippen LogP contribution < -0.4 is 5.32 Å². The van der Waals surface area contributed by atoms with E-state index in [2.05, 4.69) is 5.32 Å². The highest BCUT2D eigenvalue weighted by atomic mass is 32.2. The SMILES string of the molecule is CCN1C(=O)[C@H](CC(C)C)NC12CCN(S(=O)(=O)c1cccc(C(F)(F)F)c1)CC2. The molecule has 2 aliphatic rings. The van der Waals surface area contributed by atoms with Gasteiger partial charge in [0.05, 0.1) is 22.2 Å². The first-order chi connectivity index (χ1) is 13.9. The second-order valence-corrected chi connectivity index (χ2v) is 10.3. The third kappa shape index (κ3) is 4.22. The Kier molecular flexibility index (Phi) is 6.23. The molecule has 6 nitrogen and oxygen atoms in total. The summed E-state index contributed by atoms with van der Waals surface area (Å²) in [5.74, 6) is 0.363. The van der Waals surface area contributed by atoms with Crippen LogP contribution in [0.25, 0.3) is 0 Å². The molecule has 0 saturated carbocycles. The van der Waals surface area contributed by atoms with Gasteiger partial charge >= 0.3 is 6.18 Å². The largest absolute Gasteiger partial charge is 0.416 e. The van der Waals surface area contributed by atoms with E-state index in [1.165, 1.54) is 10.4 Å². The molecule has 1 amide bonds. The van der Waals surface area contributed by atoms with Crippen molar-refractivity contribution in [1.82, 2.24) is 14.5 Å². The van der Waals surface area contributed by atoms with Crippen LogP contribution in [0.5, 0.6) is 0 Å². The van der Waals surface area contributed by atoms with Gasteiger partial charge < -0.3 is 4.90 Å². The standard InChI is InChI=1S/C20H28F3N3O3S/c1-4-26-18(27)17(12-14(2)3)24-19(26)8-10-25(11-9-19)30(28,29)16-7-5-6-15(13-16)20(21,22)23/h5-7,13-14,17,24H,4,8-12H2,1-3H3/t17-/m0/s1. The van der Waals surface area contributed by atoms with E-state index < -0.39 is 27.4 Å². The average molecular weight is 448 g/mol. The molecule has 1 atom stereocenters. The van der Waals surface area contributed by atoms with Crippen molar-refractivity contribution in [2.24, 2.45) is 5.92 Å². The van der Waals surface area contributed by atoms with Gasteiger partial charge in [-0.2, -0.15) is 17.5 Å². The van der Waals surface area contributed by atoms with Crippen LogP contribution in [0.1, 0.15) is 45.6 Å². The van der Waals surface area contributed by atoms with Crippen molar-refractivity contribution < 1.29 is 26.4 Å². The van der Waals surface area contributed by atoms with Gasteiger partial charge in [-0.1, -0.05) is 19.9 Å². The number of nitrogens with zero attached hydrogens (tertiary/aromatic N) is 2. The molecule has 0 radical (unpaired) electrons. The Labute approximate surface area is 175 Å². The maximum Gasteiger partial charge on any atom is 0.416 e. The molecule has 0 unspecified atom stereocenters. The second kappa shape index (κ2) is 8.12. The third-order valence-electron chi connectivity index (χ3n) is 5.90. The number of carbonyl (C=O) groups excluding carboxylic acids is 1. The van der Waals surface area contributed by atoms with Crippen LogP contribution in [0.3, 0.4) is 0 Å². The monoisotopic (exact) mass is 447 g/mol. The molecule has 2 fully saturated rings. The van der Waals surface area contributed by atoms with E-state index in [9.17, 15) is 26.4 Å². The van der Waals surface area contributed by atoms with Gasteiger partial charge in [-0.25, -0.2) is 8.42 Å². The van der Waals surface area contributed by atoms with E-state index >= 15 is 0 Å².